The normalized spacial score (nSPS) is 10.8. The van der Waals surface area contributed by atoms with Gasteiger partial charge in [-0.3, -0.25) is 0 Å². The van der Waals surface area contributed by atoms with Gasteiger partial charge in [0.25, 0.3) is 0 Å². The standard InChI is InChI=1S/C19H16F2N4O2/c1-26-15-8-6-13(7-9-15)10-24-27-19-23-12-17(21)18(25-19)22-11-14-4-2-3-5-16(14)20/h2-10,12H,11H2,1H3,(H,22,23,25)/b24-10+. The Kier molecular flexibility index (Phi) is 5.88. The van der Waals surface area contributed by atoms with Gasteiger partial charge in [0.05, 0.1) is 19.5 Å². The summed E-state index contributed by atoms with van der Waals surface area (Å²) in [7, 11) is 1.58. The van der Waals surface area contributed by atoms with Crippen LogP contribution in [0.3, 0.4) is 0 Å². The van der Waals surface area contributed by atoms with Crippen LogP contribution < -0.4 is 14.9 Å². The molecule has 0 aliphatic rings. The maximum absolute atomic E-state index is 13.8. The first-order valence-electron chi connectivity index (χ1n) is 8.00. The smallest absolute Gasteiger partial charge is 0.347 e. The van der Waals surface area contributed by atoms with Crippen LogP contribution in [0, 0.1) is 11.6 Å². The first kappa shape index (κ1) is 18.2. The molecule has 0 bridgehead atoms. The van der Waals surface area contributed by atoms with Gasteiger partial charge in [-0.1, -0.05) is 23.4 Å². The fourth-order valence-electron chi connectivity index (χ4n) is 2.16. The van der Waals surface area contributed by atoms with Crippen molar-refractivity contribution in [3.63, 3.8) is 0 Å². The molecule has 0 saturated carbocycles. The Balaban J connectivity index is 1.63. The van der Waals surface area contributed by atoms with Gasteiger partial charge < -0.3 is 14.9 Å². The molecule has 3 rings (SSSR count). The van der Waals surface area contributed by atoms with Crippen LogP contribution in [0.1, 0.15) is 11.1 Å². The fraction of sp³-hybridized carbons (Fsp3) is 0.105. The number of aromatic nitrogens is 2. The van der Waals surface area contributed by atoms with E-state index in [2.05, 4.69) is 20.4 Å². The van der Waals surface area contributed by atoms with E-state index in [1.54, 1.807) is 49.6 Å². The van der Waals surface area contributed by atoms with E-state index in [1.165, 1.54) is 12.3 Å². The second-order valence-electron chi connectivity index (χ2n) is 5.39. The predicted molar refractivity (Wildman–Crippen MR) is 96.9 cm³/mol. The SMILES string of the molecule is COc1ccc(/C=N/Oc2ncc(F)c(NCc3ccccc3F)n2)cc1. The van der Waals surface area contributed by atoms with Gasteiger partial charge in [-0.15, -0.1) is 0 Å². The van der Waals surface area contributed by atoms with E-state index in [9.17, 15) is 8.78 Å². The maximum atomic E-state index is 13.8. The highest BCUT2D eigenvalue weighted by molar-refractivity contribution is 5.79. The molecule has 1 heterocycles. The Morgan fingerprint density at radius 2 is 1.85 bits per heavy atom. The van der Waals surface area contributed by atoms with Crippen LogP contribution in [-0.4, -0.2) is 23.3 Å². The van der Waals surface area contributed by atoms with E-state index in [0.717, 1.165) is 17.5 Å². The van der Waals surface area contributed by atoms with Crippen LogP contribution in [0.2, 0.25) is 0 Å². The molecule has 0 aliphatic carbocycles. The Hall–Kier alpha value is -3.55. The zero-order valence-corrected chi connectivity index (χ0v) is 14.4. The van der Waals surface area contributed by atoms with Gasteiger partial charge in [-0.2, -0.15) is 9.97 Å². The zero-order chi connectivity index (χ0) is 19.1. The van der Waals surface area contributed by atoms with Crippen molar-refractivity contribution in [3.8, 4) is 11.8 Å². The molecule has 0 unspecified atom stereocenters. The van der Waals surface area contributed by atoms with Crippen LogP contribution in [0.5, 0.6) is 11.8 Å². The van der Waals surface area contributed by atoms with Crippen molar-refractivity contribution in [2.24, 2.45) is 5.16 Å². The first-order chi connectivity index (χ1) is 13.2. The second kappa shape index (κ2) is 8.70. The lowest BCUT2D eigenvalue weighted by atomic mass is 10.2. The molecule has 0 saturated heterocycles. The van der Waals surface area contributed by atoms with Crippen molar-refractivity contribution >= 4 is 12.0 Å². The van der Waals surface area contributed by atoms with E-state index in [1.807, 2.05) is 0 Å². The summed E-state index contributed by atoms with van der Waals surface area (Å²) >= 11 is 0. The number of methoxy groups -OCH3 is 1. The molecule has 8 heteroatoms. The quantitative estimate of drug-likeness (QED) is 0.506. The highest BCUT2D eigenvalue weighted by Crippen LogP contribution is 2.16. The summed E-state index contributed by atoms with van der Waals surface area (Å²) in [4.78, 5) is 12.7. The molecule has 138 valence electrons. The molecular weight excluding hydrogens is 354 g/mol. The van der Waals surface area contributed by atoms with Gasteiger partial charge in [0.1, 0.15) is 11.6 Å². The number of rotatable bonds is 7. The summed E-state index contributed by atoms with van der Waals surface area (Å²) in [5.74, 6) is -0.457. The Morgan fingerprint density at radius 1 is 1.07 bits per heavy atom. The van der Waals surface area contributed by atoms with Crippen molar-refractivity contribution in [1.82, 2.24) is 9.97 Å². The number of benzene rings is 2. The molecule has 0 fully saturated rings. The number of halogens is 2. The van der Waals surface area contributed by atoms with Gasteiger partial charge >= 0.3 is 6.01 Å². The van der Waals surface area contributed by atoms with Crippen molar-refractivity contribution in [3.05, 3.63) is 77.5 Å². The van der Waals surface area contributed by atoms with Crippen molar-refractivity contribution in [2.75, 3.05) is 12.4 Å². The van der Waals surface area contributed by atoms with Gasteiger partial charge in [-0.25, -0.2) is 8.78 Å². The maximum Gasteiger partial charge on any atom is 0.347 e. The van der Waals surface area contributed by atoms with Crippen molar-refractivity contribution in [2.45, 2.75) is 6.54 Å². The fourth-order valence-corrected chi connectivity index (χ4v) is 2.16. The van der Waals surface area contributed by atoms with Crippen LogP contribution in [-0.2, 0) is 6.54 Å². The molecule has 6 nitrogen and oxygen atoms in total. The minimum Gasteiger partial charge on any atom is -0.497 e. The number of nitrogens with one attached hydrogen (secondary N) is 1. The topological polar surface area (TPSA) is 68.6 Å². The van der Waals surface area contributed by atoms with E-state index in [4.69, 9.17) is 9.57 Å². The Bertz CT molecular complexity index is 933. The van der Waals surface area contributed by atoms with Crippen LogP contribution in [0.25, 0.3) is 0 Å². The predicted octanol–water partition coefficient (Wildman–Crippen LogP) is 3.79. The van der Waals surface area contributed by atoms with Crippen LogP contribution in [0.4, 0.5) is 14.6 Å². The van der Waals surface area contributed by atoms with E-state index in [-0.39, 0.29) is 24.2 Å². The molecule has 1 N–H and O–H groups in total. The van der Waals surface area contributed by atoms with Crippen LogP contribution in [0.15, 0.2) is 59.9 Å². The summed E-state index contributed by atoms with van der Waals surface area (Å²) in [6.45, 7) is 0.0646. The molecule has 27 heavy (non-hydrogen) atoms. The number of hydrogen-bond acceptors (Lipinski definition) is 6. The lowest BCUT2D eigenvalue weighted by Crippen LogP contribution is -2.06. The number of oxime groups is 1. The highest BCUT2D eigenvalue weighted by Gasteiger charge is 2.09. The zero-order valence-electron chi connectivity index (χ0n) is 14.4. The van der Waals surface area contributed by atoms with Gasteiger partial charge in [-0.05, 0) is 35.9 Å². The first-order valence-corrected chi connectivity index (χ1v) is 8.00. The molecule has 3 aromatic rings. The average Bonchev–Trinajstić information content (AvgIpc) is 2.70. The summed E-state index contributed by atoms with van der Waals surface area (Å²) in [5.41, 5.74) is 1.16. The number of hydrogen-bond donors (Lipinski definition) is 1. The lowest BCUT2D eigenvalue weighted by molar-refractivity contribution is 0.314. The van der Waals surface area contributed by atoms with E-state index < -0.39 is 5.82 Å². The van der Waals surface area contributed by atoms with Gasteiger partial charge in [0.2, 0.25) is 0 Å². The number of ether oxygens (including phenoxy) is 1. The average molecular weight is 370 g/mol. The summed E-state index contributed by atoms with van der Waals surface area (Å²) in [5, 5.41) is 6.49. The second-order valence-corrected chi connectivity index (χ2v) is 5.39. The highest BCUT2D eigenvalue weighted by atomic mass is 19.1. The molecule has 1 aromatic heterocycles. The molecule has 0 amide bonds. The summed E-state index contributed by atoms with van der Waals surface area (Å²) in [6, 6.07) is 13.2. The van der Waals surface area contributed by atoms with Crippen molar-refractivity contribution in [1.29, 1.82) is 0 Å². The molecular formula is C19H16F2N4O2. The summed E-state index contributed by atoms with van der Waals surface area (Å²) in [6.07, 6.45) is 2.41. The van der Waals surface area contributed by atoms with Crippen LogP contribution >= 0.6 is 0 Å². The third-order valence-corrected chi connectivity index (χ3v) is 3.58. The molecule has 0 radical (unpaired) electrons. The largest absolute Gasteiger partial charge is 0.497 e. The Morgan fingerprint density at radius 3 is 2.59 bits per heavy atom. The molecule has 0 spiro atoms. The van der Waals surface area contributed by atoms with E-state index in [0.29, 0.717) is 5.56 Å². The minimum atomic E-state index is -0.683. The Labute approximate surface area is 154 Å². The third kappa shape index (κ3) is 4.97. The lowest BCUT2D eigenvalue weighted by Gasteiger charge is -2.08. The summed E-state index contributed by atoms with van der Waals surface area (Å²) < 4.78 is 32.5. The number of nitrogens with zero attached hydrogens (tertiary/aromatic N) is 3. The monoisotopic (exact) mass is 370 g/mol. The molecule has 2 aromatic carbocycles. The minimum absolute atomic E-state index is 0.0646. The van der Waals surface area contributed by atoms with E-state index >= 15 is 0 Å². The third-order valence-electron chi connectivity index (χ3n) is 3.58. The van der Waals surface area contributed by atoms with Crippen molar-refractivity contribution < 1.29 is 18.4 Å². The van der Waals surface area contributed by atoms with Gasteiger partial charge in [0, 0.05) is 12.1 Å². The molecule has 0 atom stereocenters. The molecule has 0 aliphatic heterocycles. The number of anilines is 1. The van der Waals surface area contributed by atoms with Gasteiger partial charge in [0.15, 0.2) is 11.6 Å².